The lowest BCUT2D eigenvalue weighted by molar-refractivity contribution is -0.617. The van der Waals surface area contributed by atoms with E-state index in [1.165, 1.54) is 44.1 Å². The number of aryl methyl sites for hydroxylation is 3. The van der Waals surface area contributed by atoms with Crippen LogP contribution >= 0.6 is 0 Å². The zero-order valence-corrected chi connectivity index (χ0v) is 17.2. The predicted molar refractivity (Wildman–Crippen MR) is 117 cm³/mol. The fourth-order valence-corrected chi connectivity index (χ4v) is 4.71. The Bertz CT molecular complexity index is 1390. The van der Waals surface area contributed by atoms with Gasteiger partial charge in [0.15, 0.2) is 11.0 Å². The first kappa shape index (κ1) is 17.2. The highest BCUT2D eigenvalue weighted by Gasteiger charge is 2.25. The molecule has 5 rings (SSSR count). The highest BCUT2D eigenvalue weighted by Crippen LogP contribution is 2.32. The van der Waals surface area contributed by atoms with Gasteiger partial charge in [-0.1, -0.05) is 32.0 Å². The molecule has 3 nitrogen and oxygen atoms in total. The van der Waals surface area contributed by atoms with Crippen molar-refractivity contribution < 1.29 is 4.57 Å². The van der Waals surface area contributed by atoms with Crippen molar-refractivity contribution in [3.8, 4) is 0 Å². The minimum Gasteiger partial charge on any atom is -0.252 e. The minimum atomic E-state index is 0.643. The second kappa shape index (κ2) is 6.03. The summed E-state index contributed by atoms with van der Waals surface area (Å²) in [5.41, 5.74) is 9.80. The van der Waals surface area contributed by atoms with Crippen LogP contribution in [0.4, 0.5) is 0 Å². The number of benzene rings is 2. The maximum Gasteiger partial charge on any atom is 0.297 e. The third-order valence-corrected chi connectivity index (χ3v) is 5.78. The molecule has 0 aliphatic rings. The Morgan fingerprint density at radius 3 is 2.57 bits per heavy atom. The first-order valence-electron chi connectivity index (χ1n) is 10.1. The van der Waals surface area contributed by atoms with E-state index in [4.69, 9.17) is 4.98 Å². The lowest BCUT2D eigenvalue weighted by Gasteiger charge is -2.07. The van der Waals surface area contributed by atoms with Crippen molar-refractivity contribution >= 4 is 38.5 Å². The number of fused-ring (bicyclic) bond motifs is 8. The van der Waals surface area contributed by atoms with Gasteiger partial charge in [-0.3, -0.25) is 4.98 Å². The molecule has 0 saturated carbocycles. The van der Waals surface area contributed by atoms with Gasteiger partial charge < -0.3 is 0 Å². The maximum absolute atomic E-state index is 4.96. The third-order valence-electron chi connectivity index (χ3n) is 5.78. The Morgan fingerprint density at radius 2 is 1.79 bits per heavy atom. The van der Waals surface area contributed by atoms with Gasteiger partial charge in [-0.25, -0.2) is 4.57 Å². The highest BCUT2D eigenvalue weighted by atomic mass is 15.1. The van der Waals surface area contributed by atoms with E-state index in [-0.39, 0.29) is 0 Å². The molecule has 0 aliphatic heterocycles. The van der Waals surface area contributed by atoms with Crippen LogP contribution in [0.15, 0.2) is 48.5 Å². The lowest BCUT2D eigenvalue weighted by atomic mass is 10.0. The van der Waals surface area contributed by atoms with Gasteiger partial charge in [-0.2, -0.15) is 4.40 Å². The zero-order valence-electron chi connectivity index (χ0n) is 17.2. The normalized spacial score (nSPS) is 12.2. The van der Waals surface area contributed by atoms with E-state index in [0.717, 1.165) is 17.6 Å². The van der Waals surface area contributed by atoms with Crippen molar-refractivity contribution in [2.45, 2.75) is 34.1 Å². The number of aromatic nitrogens is 3. The van der Waals surface area contributed by atoms with Crippen LogP contribution in [0.3, 0.4) is 0 Å². The number of hydrogen-bond donors (Lipinski definition) is 0. The summed E-state index contributed by atoms with van der Waals surface area (Å²) in [6, 6.07) is 17.8. The molecule has 3 heteroatoms. The first-order chi connectivity index (χ1) is 13.5. The molecule has 0 bridgehead atoms. The average Bonchev–Trinajstić information content (AvgIpc) is 2.93. The van der Waals surface area contributed by atoms with Crippen molar-refractivity contribution in [3.63, 3.8) is 0 Å². The van der Waals surface area contributed by atoms with Crippen LogP contribution < -0.4 is 4.57 Å². The smallest absolute Gasteiger partial charge is 0.252 e. The van der Waals surface area contributed by atoms with Crippen molar-refractivity contribution in [2.24, 2.45) is 13.0 Å². The zero-order chi connectivity index (χ0) is 19.6. The molecular formula is C25H26N3+. The summed E-state index contributed by atoms with van der Waals surface area (Å²) in [7, 11) is 2.17. The molecule has 0 amide bonds. The van der Waals surface area contributed by atoms with E-state index < -0.39 is 0 Å². The summed E-state index contributed by atoms with van der Waals surface area (Å²) in [5.74, 6) is 0.643. The summed E-state index contributed by atoms with van der Waals surface area (Å²) in [6.45, 7) is 8.84. The molecule has 28 heavy (non-hydrogen) atoms. The van der Waals surface area contributed by atoms with Crippen LogP contribution in [0.25, 0.3) is 38.5 Å². The van der Waals surface area contributed by atoms with E-state index in [1.54, 1.807) is 0 Å². The molecule has 0 aliphatic carbocycles. The average molecular weight is 369 g/mol. The topological polar surface area (TPSA) is 21.2 Å². The molecule has 2 aromatic carbocycles. The predicted octanol–water partition coefficient (Wildman–Crippen LogP) is 5.43. The van der Waals surface area contributed by atoms with Gasteiger partial charge >= 0.3 is 0 Å². The molecule has 0 saturated heterocycles. The molecule has 140 valence electrons. The van der Waals surface area contributed by atoms with E-state index >= 15 is 0 Å². The Balaban J connectivity index is 2.08. The fourth-order valence-electron chi connectivity index (χ4n) is 4.71. The highest BCUT2D eigenvalue weighted by molar-refractivity contribution is 6.11. The minimum absolute atomic E-state index is 0.643. The van der Waals surface area contributed by atoms with E-state index in [2.05, 4.69) is 92.2 Å². The van der Waals surface area contributed by atoms with Crippen molar-refractivity contribution in [1.29, 1.82) is 0 Å². The number of imidazole rings is 1. The standard InChI is InChI=1S/C25H26N3/c1-15(2)12-18-10-11-21-22(14-18)28-20-9-7-6-8-19(20)24-23(25(28)27(21)5)16(3)13-17(4)26-24/h6-11,13-15H,12H2,1-5H3/q+1. The van der Waals surface area contributed by atoms with Crippen molar-refractivity contribution in [3.05, 3.63) is 65.4 Å². The Kier molecular flexibility index (Phi) is 3.70. The van der Waals surface area contributed by atoms with Crippen LogP contribution in [0.5, 0.6) is 0 Å². The molecule has 5 aromatic rings. The molecule has 3 heterocycles. The summed E-state index contributed by atoms with van der Waals surface area (Å²) in [4.78, 5) is 4.96. The van der Waals surface area contributed by atoms with Crippen LogP contribution in [0.2, 0.25) is 0 Å². The Morgan fingerprint density at radius 1 is 1.00 bits per heavy atom. The van der Waals surface area contributed by atoms with Crippen LogP contribution in [0, 0.1) is 19.8 Å². The van der Waals surface area contributed by atoms with Gasteiger partial charge in [0.2, 0.25) is 0 Å². The molecule has 0 N–H and O–H groups in total. The van der Waals surface area contributed by atoms with Crippen LogP contribution in [0.1, 0.15) is 30.7 Å². The fraction of sp³-hybridized carbons (Fsp3) is 0.280. The van der Waals surface area contributed by atoms with Gasteiger partial charge in [-0.15, -0.1) is 0 Å². The largest absolute Gasteiger partial charge is 0.297 e. The van der Waals surface area contributed by atoms with E-state index in [0.29, 0.717) is 5.92 Å². The Labute approximate surface area is 165 Å². The summed E-state index contributed by atoms with van der Waals surface area (Å²) >= 11 is 0. The van der Waals surface area contributed by atoms with Crippen LogP contribution in [-0.4, -0.2) is 9.38 Å². The number of para-hydroxylation sites is 1. The summed E-state index contributed by atoms with van der Waals surface area (Å²) in [5, 5.41) is 2.46. The number of hydrogen-bond acceptors (Lipinski definition) is 1. The molecule has 0 spiro atoms. The number of rotatable bonds is 2. The second-order valence-corrected chi connectivity index (χ2v) is 8.46. The second-order valence-electron chi connectivity index (χ2n) is 8.46. The van der Waals surface area contributed by atoms with Gasteiger partial charge in [0, 0.05) is 11.1 Å². The van der Waals surface area contributed by atoms with E-state index in [1.807, 2.05) is 0 Å². The van der Waals surface area contributed by atoms with Crippen molar-refractivity contribution in [2.75, 3.05) is 0 Å². The molecule has 0 radical (unpaired) electrons. The molecule has 0 fully saturated rings. The number of pyridine rings is 2. The molecule has 0 unspecified atom stereocenters. The first-order valence-corrected chi connectivity index (χ1v) is 10.1. The third kappa shape index (κ3) is 2.35. The lowest BCUT2D eigenvalue weighted by Crippen LogP contribution is -2.27. The van der Waals surface area contributed by atoms with Crippen molar-refractivity contribution in [1.82, 2.24) is 9.38 Å². The maximum atomic E-state index is 4.96. The Hall–Kier alpha value is -2.94. The summed E-state index contributed by atoms with van der Waals surface area (Å²) in [6.07, 6.45) is 1.10. The van der Waals surface area contributed by atoms with Gasteiger partial charge in [0.1, 0.15) is 5.52 Å². The quantitative estimate of drug-likeness (QED) is 0.300. The van der Waals surface area contributed by atoms with Gasteiger partial charge in [0.25, 0.3) is 5.65 Å². The van der Waals surface area contributed by atoms with Gasteiger partial charge in [-0.05, 0) is 67.6 Å². The monoisotopic (exact) mass is 368 g/mol. The van der Waals surface area contributed by atoms with E-state index in [9.17, 15) is 0 Å². The molecule has 0 atom stereocenters. The number of nitrogens with zero attached hydrogens (tertiary/aromatic N) is 3. The summed E-state index contributed by atoms with van der Waals surface area (Å²) < 4.78 is 4.76. The molecule has 3 aromatic heterocycles. The van der Waals surface area contributed by atoms with Crippen LogP contribution in [-0.2, 0) is 13.5 Å². The SMILES string of the molecule is Cc1cc(C)c2c(n1)c1ccccc1n1c3cc(CC(C)C)ccc3[n+](C)c21. The van der Waals surface area contributed by atoms with Gasteiger partial charge in [0.05, 0.1) is 18.0 Å². The molecular weight excluding hydrogens is 342 g/mol.